The summed E-state index contributed by atoms with van der Waals surface area (Å²) in [7, 11) is 0. The van der Waals surface area contributed by atoms with Crippen LogP contribution in [0.2, 0.25) is 0 Å². The number of hydrogen-bond acceptors (Lipinski definition) is 5. The van der Waals surface area contributed by atoms with Crippen molar-refractivity contribution in [1.29, 1.82) is 0 Å². The summed E-state index contributed by atoms with van der Waals surface area (Å²) in [5.74, 6) is 0. The lowest BCUT2D eigenvalue weighted by atomic mass is 10.1. The maximum atomic E-state index is 12.7. The molecule has 2 rings (SSSR count). The van der Waals surface area contributed by atoms with Crippen LogP contribution in [0.4, 0.5) is 8.78 Å². The molecule has 1 fully saturated rings. The summed E-state index contributed by atoms with van der Waals surface area (Å²) in [6.45, 7) is 0.162. The number of ether oxygens (including phenoxy) is 2. The normalized spacial score (nSPS) is 21.6. The zero-order chi connectivity index (χ0) is 15.1. The molecule has 0 amide bonds. The van der Waals surface area contributed by atoms with E-state index in [-0.39, 0.29) is 19.8 Å². The lowest BCUT2D eigenvalue weighted by molar-refractivity contribution is -0.279. The molecule has 118 valence electrons. The molecule has 0 radical (unpaired) electrons. The van der Waals surface area contributed by atoms with Crippen molar-refractivity contribution < 1.29 is 33.1 Å². The molecule has 0 aromatic heterocycles. The first kappa shape index (κ1) is 16.3. The molecule has 0 aliphatic carbocycles. The Kier molecular flexibility index (Phi) is 6.47. The summed E-state index contributed by atoms with van der Waals surface area (Å²) < 4.78 is 35.8. The highest BCUT2D eigenvalue weighted by atomic mass is 19.3. The Morgan fingerprint density at radius 2 is 2.05 bits per heavy atom. The molecule has 3 unspecified atom stereocenters. The van der Waals surface area contributed by atoms with Crippen molar-refractivity contribution >= 4 is 0 Å². The SMILES string of the molecule is OC(C(F)F)C(CCC1OCOO1)OCc1ccccc1. The van der Waals surface area contributed by atoms with E-state index in [2.05, 4.69) is 4.89 Å². The molecule has 7 heteroatoms. The first-order valence-electron chi connectivity index (χ1n) is 6.68. The summed E-state index contributed by atoms with van der Waals surface area (Å²) in [5, 5.41) is 9.55. The van der Waals surface area contributed by atoms with Gasteiger partial charge in [0.15, 0.2) is 13.1 Å². The fourth-order valence-corrected chi connectivity index (χ4v) is 1.96. The second-order valence-corrected chi connectivity index (χ2v) is 4.67. The Morgan fingerprint density at radius 1 is 1.29 bits per heavy atom. The molecule has 0 spiro atoms. The molecule has 21 heavy (non-hydrogen) atoms. The molecule has 1 saturated heterocycles. The van der Waals surface area contributed by atoms with Crippen LogP contribution in [-0.4, -0.2) is 36.8 Å². The van der Waals surface area contributed by atoms with Crippen molar-refractivity contribution in [3.05, 3.63) is 35.9 Å². The van der Waals surface area contributed by atoms with Gasteiger partial charge in [0.05, 0.1) is 12.7 Å². The predicted octanol–water partition coefficient (Wildman–Crippen LogP) is 2.24. The maximum Gasteiger partial charge on any atom is 0.266 e. The monoisotopic (exact) mass is 304 g/mol. The third-order valence-electron chi connectivity index (χ3n) is 3.11. The highest BCUT2D eigenvalue weighted by Crippen LogP contribution is 2.20. The van der Waals surface area contributed by atoms with Crippen molar-refractivity contribution in [3.8, 4) is 0 Å². The van der Waals surface area contributed by atoms with E-state index in [4.69, 9.17) is 14.4 Å². The van der Waals surface area contributed by atoms with Crippen LogP contribution in [0, 0.1) is 0 Å². The second kappa shape index (κ2) is 8.35. The number of aliphatic hydroxyl groups excluding tert-OH is 1. The van der Waals surface area contributed by atoms with Crippen molar-refractivity contribution in [2.24, 2.45) is 0 Å². The lowest BCUT2D eigenvalue weighted by Gasteiger charge is -2.23. The van der Waals surface area contributed by atoms with Crippen LogP contribution >= 0.6 is 0 Å². The summed E-state index contributed by atoms with van der Waals surface area (Å²) in [6.07, 6.45) is -5.87. The van der Waals surface area contributed by atoms with E-state index in [1.54, 1.807) is 0 Å². The number of hydrogen-bond donors (Lipinski definition) is 1. The molecule has 5 nitrogen and oxygen atoms in total. The topological polar surface area (TPSA) is 57.2 Å². The summed E-state index contributed by atoms with van der Waals surface area (Å²) >= 11 is 0. The van der Waals surface area contributed by atoms with Crippen LogP contribution in [0.3, 0.4) is 0 Å². The summed E-state index contributed by atoms with van der Waals surface area (Å²) in [5.41, 5.74) is 0.848. The van der Waals surface area contributed by atoms with Crippen LogP contribution in [0.5, 0.6) is 0 Å². The van der Waals surface area contributed by atoms with E-state index in [9.17, 15) is 13.9 Å². The van der Waals surface area contributed by atoms with Gasteiger partial charge in [0.25, 0.3) is 6.43 Å². The molecule has 1 aromatic rings. The van der Waals surface area contributed by atoms with E-state index in [1.165, 1.54) is 0 Å². The first-order valence-corrected chi connectivity index (χ1v) is 6.68. The minimum Gasteiger partial charge on any atom is -0.384 e. The van der Waals surface area contributed by atoms with E-state index < -0.39 is 24.9 Å². The minimum atomic E-state index is -2.87. The van der Waals surface area contributed by atoms with E-state index in [0.717, 1.165) is 5.56 Å². The highest BCUT2D eigenvalue weighted by molar-refractivity contribution is 5.13. The lowest BCUT2D eigenvalue weighted by Crippen LogP contribution is -2.35. The Balaban J connectivity index is 1.85. The number of halogens is 2. The van der Waals surface area contributed by atoms with Gasteiger partial charge in [-0.1, -0.05) is 30.3 Å². The molecule has 3 atom stereocenters. The molecule has 1 N–H and O–H groups in total. The summed E-state index contributed by atoms with van der Waals surface area (Å²) in [6, 6.07) is 9.15. The minimum absolute atomic E-state index is 0.0115. The quantitative estimate of drug-likeness (QED) is 0.746. The molecule has 1 aliphatic heterocycles. The van der Waals surface area contributed by atoms with Gasteiger partial charge in [-0.2, -0.15) is 0 Å². The number of aliphatic hydroxyl groups is 1. The average Bonchev–Trinajstić information content (AvgIpc) is 3.01. The molecule has 0 bridgehead atoms. The zero-order valence-electron chi connectivity index (χ0n) is 11.4. The van der Waals surface area contributed by atoms with Gasteiger partial charge < -0.3 is 14.6 Å². The smallest absolute Gasteiger partial charge is 0.266 e. The van der Waals surface area contributed by atoms with Crippen LogP contribution in [0.15, 0.2) is 30.3 Å². The second-order valence-electron chi connectivity index (χ2n) is 4.67. The Morgan fingerprint density at radius 3 is 2.67 bits per heavy atom. The Hall–Kier alpha value is -1.12. The van der Waals surface area contributed by atoms with Gasteiger partial charge in [0, 0.05) is 6.42 Å². The van der Waals surface area contributed by atoms with E-state index >= 15 is 0 Å². The van der Waals surface area contributed by atoms with Gasteiger partial charge >= 0.3 is 0 Å². The molecular weight excluding hydrogens is 286 g/mol. The number of rotatable bonds is 8. The van der Waals surface area contributed by atoms with E-state index in [1.807, 2.05) is 30.3 Å². The average molecular weight is 304 g/mol. The van der Waals surface area contributed by atoms with Gasteiger partial charge in [-0.15, -0.1) is 0 Å². The Bertz CT molecular complexity index is 398. The Labute approximate surface area is 121 Å². The predicted molar refractivity (Wildman–Crippen MR) is 68.2 cm³/mol. The van der Waals surface area contributed by atoms with Crippen molar-refractivity contribution in [3.63, 3.8) is 0 Å². The fraction of sp³-hybridized carbons (Fsp3) is 0.571. The summed E-state index contributed by atoms with van der Waals surface area (Å²) in [4.78, 5) is 9.31. The number of benzene rings is 1. The number of alkyl halides is 2. The van der Waals surface area contributed by atoms with Crippen LogP contribution < -0.4 is 0 Å². The van der Waals surface area contributed by atoms with Crippen LogP contribution in [0.1, 0.15) is 18.4 Å². The molecule has 1 heterocycles. The van der Waals surface area contributed by atoms with Gasteiger partial charge in [-0.05, 0) is 12.0 Å². The molecule has 1 aliphatic rings. The van der Waals surface area contributed by atoms with Crippen LogP contribution in [0.25, 0.3) is 0 Å². The first-order chi connectivity index (χ1) is 10.2. The highest BCUT2D eigenvalue weighted by Gasteiger charge is 2.30. The van der Waals surface area contributed by atoms with Gasteiger partial charge in [0.1, 0.15) is 6.10 Å². The maximum absolute atomic E-state index is 12.7. The van der Waals surface area contributed by atoms with Crippen molar-refractivity contribution in [1.82, 2.24) is 0 Å². The van der Waals surface area contributed by atoms with Crippen molar-refractivity contribution in [2.75, 3.05) is 6.79 Å². The molecular formula is C14H18F2O5. The molecule has 1 aromatic carbocycles. The fourth-order valence-electron chi connectivity index (χ4n) is 1.96. The van der Waals surface area contributed by atoms with E-state index in [0.29, 0.717) is 6.42 Å². The largest absolute Gasteiger partial charge is 0.384 e. The van der Waals surface area contributed by atoms with Crippen LogP contribution in [-0.2, 0) is 25.9 Å². The molecule has 0 saturated carbocycles. The standard InChI is InChI=1S/C14H18F2O5/c15-14(16)13(17)11(6-7-12-19-9-20-21-12)18-8-10-4-2-1-3-5-10/h1-5,11-14,17H,6-9H2. The zero-order valence-corrected chi connectivity index (χ0v) is 11.4. The third kappa shape index (κ3) is 5.29. The van der Waals surface area contributed by atoms with Gasteiger partial charge in [0.2, 0.25) is 0 Å². The third-order valence-corrected chi connectivity index (χ3v) is 3.11. The van der Waals surface area contributed by atoms with Gasteiger partial charge in [-0.3, -0.25) is 0 Å². The van der Waals surface area contributed by atoms with Gasteiger partial charge in [-0.25, -0.2) is 18.6 Å². The van der Waals surface area contributed by atoms with Crippen molar-refractivity contribution in [2.45, 2.75) is 44.4 Å².